The number of halogens is 6. The molecule has 1 fully saturated rings. The van der Waals surface area contributed by atoms with Gasteiger partial charge in [-0.2, -0.15) is 26.3 Å². The molecule has 9 heteroatoms. The quantitative estimate of drug-likeness (QED) is 0.434. The van der Waals surface area contributed by atoms with E-state index in [-0.39, 0.29) is 18.4 Å². The van der Waals surface area contributed by atoms with Gasteiger partial charge in [0.1, 0.15) is 0 Å². The smallest absolute Gasteiger partial charge is 0.264 e. The lowest BCUT2D eigenvalue weighted by atomic mass is 9.69. The zero-order valence-electron chi connectivity index (χ0n) is 11.7. The molecule has 2 atom stereocenters. The summed E-state index contributed by atoms with van der Waals surface area (Å²) in [6.07, 6.45) is -10.0. The summed E-state index contributed by atoms with van der Waals surface area (Å²) in [4.78, 5) is 9.91. The summed E-state index contributed by atoms with van der Waals surface area (Å²) in [7, 11) is 0. The third-order valence-electron chi connectivity index (χ3n) is 4.33. The van der Waals surface area contributed by atoms with E-state index in [9.17, 15) is 36.5 Å². The standard InChI is InChI=1S/C14H13F6NO2/c15-13(16,17)10-6-4-9(5-7-10)11-3-1-2-8-12(11,21(22)23)14(18,19)20/h4-7,11H,1-3,8H2/t11-,12-/m0/s1. The van der Waals surface area contributed by atoms with Crippen molar-refractivity contribution in [3.8, 4) is 0 Å². The van der Waals surface area contributed by atoms with Crippen molar-refractivity contribution in [2.24, 2.45) is 0 Å². The number of nitro groups is 1. The van der Waals surface area contributed by atoms with Gasteiger partial charge in [0.2, 0.25) is 0 Å². The fourth-order valence-corrected chi connectivity index (χ4v) is 3.16. The Morgan fingerprint density at radius 1 is 1.04 bits per heavy atom. The molecule has 3 nitrogen and oxygen atoms in total. The van der Waals surface area contributed by atoms with Crippen molar-refractivity contribution in [1.82, 2.24) is 0 Å². The first-order chi connectivity index (χ1) is 10.5. The number of nitrogens with zero attached hydrogens (tertiary/aromatic N) is 1. The first kappa shape index (κ1) is 17.6. The minimum atomic E-state index is -5.08. The maximum Gasteiger partial charge on any atom is 0.461 e. The molecule has 0 N–H and O–H groups in total. The van der Waals surface area contributed by atoms with Crippen LogP contribution >= 0.6 is 0 Å². The van der Waals surface area contributed by atoms with Crippen LogP contribution in [0.1, 0.15) is 42.7 Å². The lowest BCUT2D eigenvalue weighted by molar-refractivity contribution is -0.621. The molecule has 1 aromatic rings. The van der Waals surface area contributed by atoms with Crippen LogP contribution in [0.5, 0.6) is 0 Å². The van der Waals surface area contributed by atoms with Crippen LogP contribution in [0.4, 0.5) is 26.3 Å². The van der Waals surface area contributed by atoms with Gasteiger partial charge in [-0.1, -0.05) is 18.6 Å². The Hall–Kier alpha value is -1.80. The predicted octanol–water partition coefficient (Wildman–Crippen LogP) is 4.94. The molecule has 0 unspecified atom stereocenters. The highest BCUT2D eigenvalue weighted by molar-refractivity contribution is 5.30. The van der Waals surface area contributed by atoms with Crippen molar-refractivity contribution in [3.05, 3.63) is 45.5 Å². The summed E-state index contributed by atoms with van der Waals surface area (Å²) in [6, 6.07) is 3.13. The van der Waals surface area contributed by atoms with E-state index in [0.29, 0.717) is 18.6 Å². The van der Waals surface area contributed by atoms with E-state index in [4.69, 9.17) is 0 Å². The minimum Gasteiger partial charge on any atom is -0.264 e. The molecule has 1 aliphatic rings. The number of benzene rings is 1. The molecule has 0 saturated heterocycles. The van der Waals surface area contributed by atoms with Gasteiger partial charge in [0.25, 0.3) is 0 Å². The predicted molar refractivity (Wildman–Crippen MR) is 68.4 cm³/mol. The van der Waals surface area contributed by atoms with Crippen LogP contribution in [0.25, 0.3) is 0 Å². The van der Waals surface area contributed by atoms with Gasteiger partial charge in [0.05, 0.1) is 11.5 Å². The number of rotatable bonds is 2. The lowest BCUT2D eigenvalue weighted by Crippen LogP contribution is -2.57. The molecule has 1 aliphatic carbocycles. The molecule has 2 rings (SSSR count). The van der Waals surface area contributed by atoms with Gasteiger partial charge in [-0.25, -0.2) is 0 Å². The van der Waals surface area contributed by atoms with E-state index in [2.05, 4.69) is 0 Å². The van der Waals surface area contributed by atoms with Crippen molar-refractivity contribution in [2.75, 3.05) is 0 Å². The van der Waals surface area contributed by atoms with Crippen molar-refractivity contribution in [1.29, 1.82) is 0 Å². The van der Waals surface area contributed by atoms with Crippen molar-refractivity contribution >= 4 is 0 Å². The first-order valence-corrected chi connectivity index (χ1v) is 6.88. The van der Waals surface area contributed by atoms with Gasteiger partial charge in [-0.05, 0) is 30.5 Å². The van der Waals surface area contributed by atoms with Crippen LogP contribution in [0.3, 0.4) is 0 Å². The van der Waals surface area contributed by atoms with Gasteiger partial charge in [0, 0.05) is 11.3 Å². The summed E-state index contributed by atoms with van der Waals surface area (Å²) >= 11 is 0. The Balaban J connectivity index is 2.48. The Bertz CT molecular complexity index is 580. The van der Waals surface area contributed by atoms with Crippen molar-refractivity contribution in [2.45, 2.75) is 49.5 Å². The summed E-state index contributed by atoms with van der Waals surface area (Å²) < 4.78 is 77.9. The van der Waals surface area contributed by atoms with Crippen LogP contribution in [0, 0.1) is 10.1 Å². The highest BCUT2D eigenvalue weighted by Crippen LogP contribution is 2.51. The summed E-state index contributed by atoms with van der Waals surface area (Å²) in [5, 5.41) is 11.2. The van der Waals surface area contributed by atoms with E-state index >= 15 is 0 Å². The molecule has 128 valence electrons. The molecule has 0 radical (unpaired) electrons. The van der Waals surface area contributed by atoms with Gasteiger partial charge < -0.3 is 0 Å². The fourth-order valence-electron chi connectivity index (χ4n) is 3.16. The second-order valence-corrected chi connectivity index (χ2v) is 5.60. The van der Waals surface area contributed by atoms with E-state index < -0.39 is 40.7 Å². The van der Waals surface area contributed by atoms with E-state index in [1.165, 1.54) is 0 Å². The van der Waals surface area contributed by atoms with E-state index in [1.807, 2.05) is 0 Å². The molecule has 1 aromatic carbocycles. The van der Waals surface area contributed by atoms with Crippen LogP contribution < -0.4 is 0 Å². The van der Waals surface area contributed by atoms with Gasteiger partial charge >= 0.3 is 17.9 Å². The molecular formula is C14H13F6NO2. The molecule has 23 heavy (non-hydrogen) atoms. The zero-order valence-corrected chi connectivity index (χ0v) is 11.7. The summed E-state index contributed by atoms with van der Waals surface area (Å²) in [5.74, 6) is -1.49. The van der Waals surface area contributed by atoms with Crippen LogP contribution in [-0.4, -0.2) is 16.6 Å². The summed E-state index contributed by atoms with van der Waals surface area (Å²) in [5.41, 5.74) is -4.24. The number of alkyl halides is 6. The number of hydrogen-bond donors (Lipinski definition) is 0. The topological polar surface area (TPSA) is 43.1 Å². The summed E-state index contributed by atoms with van der Waals surface area (Å²) in [6.45, 7) is 0. The van der Waals surface area contributed by atoms with Gasteiger partial charge in [0.15, 0.2) is 0 Å². The lowest BCUT2D eigenvalue weighted by Gasteiger charge is -2.38. The second-order valence-electron chi connectivity index (χ2n) is 5.60. The highest BCUT2D eigenvalue weighted by Gasteiger charge is 2.70. The zero-order chi connectivity index (χ0) is 17.5. The Kier molecular flexibility index (Phi) is 4.34. The van der Waals surface area contributed by atoms with Gasteiger partial charge in [-0.15, -0.1) is 0 Å². The normalized spacial score (nSPS) is 26.1. The largest absolute Gasteiger partial charge is 0.461 e. The first-order valence-electron chi connectivity index (χ1n) is 6.88. The highest BCUT2D eigenvalue weighted by atomic mass is 19.4. The Morgan fingerprint density at radius 3 is 2.04 bits per heavy atom. The molecule has 0 aliphatic heterocycles. The molecular weight excluding hydrogens is 328 g/mol. The SMILES string of the molecule is O=[N+]([O-])[C@@]1(C(F)(F)F)CCCC[C@H]1c1ccc(C(F)(F)F)cc1. The average Bonchev–Trinajstić information content (AvgIpc) is 2.45. The minimum absolute atomic E-state index is 0.0532. The fraction of sp³-hybridized carbons (Fsp3) is 0.571. The van der Waals surface area contributed by atoms with Crippen molar-refractivity contribution in [3.63, 3.8) is 0 Å². The molecule has 0 aromatic heterocycles. The monoisotopic (exact) mass is 341 g/mol. The molecule has 0 amide bonds. The average molecular weight is 341 g/mol. The van der Waals surface area contributed by atoms with E-state index in [1.54, 1.807) is 0 Å². The van der Waals surface area contributed by atoms with Gasteiger partial charge in [-0.3, -0.25) is 10.1 Å². The van der Waals surface area contributed by atoms with E-state index in [0.717, 1.165) is 12.1 Å². The maximum atomic E-state index is 13.4. The molecule has 0 heterocycles. The molecule has 1 saturated carbocycles. The molecule has 0 bridgehead atoms. The number of hydrogen-bond acceptors (Lipinski definition) is 2. The van der Waals surface area contributed by atoms with Crippen LogP contribution in [0.2, 0.25) is 0 Å². The second kappa shape index (κ2) is 5.68. The Morgan fingerprint density at radius 2 is 1.61 bits per heavy atom. The van der Waals surface area contributed by atoms with Crippen LogP contribution in [0.15, 0.2) is 24.3 Å². The molecule has 0 spiro atoms. The van der Waals surface area contributed by atoms with Crippen LogP contribution in [-0.2, 0) is 6.18 Å². The van der Waals surface area contributed by atoms with Crippen molar-refractivity contribution < 1.29 is 31.3 Å². The maximum absolute atomic E-state index is 13.4. The third kappa shape index (κ3) is 3.00. The Labute approximate surface area is 127 Å². The third-order valence-corrected chi connectivity index (χ3v) is 4.33.